The number of sulfone groups is 1. The molecule has 0 unspecified atom stereocenters. The molecule has 0 atom stereocenters. The van der Waals surface area contributed by atoms with E-state index in [2.05, 4.69) is 10.6 Å². The number of halogens is 2. The molecule has 9 heteroatoms. The summed E-state index contributed by atoms with van der Waals surface area (Å²) in [5.74, 6) is -3.43. The molecule has 2 amide bonds. The number of rotatable bonds is 5. The second kappa shape index (κ2) is 7.47. The Hall–Kier alpha value is -2.68. The molecule has 0 fully saturated rings. The summed E-state index contributed by atoms with van der Waals surface area (Å²) in [6.07, 6.45) is 0. The topological polar surface area (TPSA) is 84.5 Å². The molecule has 2 N–H and O–H groups in total. The third-order valence-electron chi connectivity index (χ3n) is 3.38. The maximum Gasteiger partial charge on any atom is 0.341 e. The van der Waals surface area contributed by atoms with E-state index in [1.807, 2.05) is 0 Å². The number of urea groups is 1. The summed E-state index contributed by atoms with van der Waals surface area (Å²) >= 11 is 0. The summed E-state index contributed by atoms with van der Waals surface area (Å²) in [4.78, 5) is 11.5. The van der Waals surface area contributed by atoms with Gasteiger partial charge >= 0.3 is 11.8 Å². The molecule has 2 aromatic rings. The summed E-state index contributed by atoms with van der Waals surface area (Å²) < 4.78 is 53.6. The first-order chi connectivity index (χ1) is 11.8. The number of nitrogens with one attached hydrogen (secondary N) is 2. The highest BCUT2D eigenvalue weighted by molar-refractivity contribution is 7.91. The molecule has 0 aliphatic heterocycles. The van der Waals surface area contributed by atoms with E-state index in [1.54, 1.807) is 31.2 Å². The van der Waals surface area contributed by atoms with E-state index >= 15 is 0 Å². The maximum atomic E-state index is 12.7. The Morgan fingerprint density at radius 1 is 1.08 bits per heavy atom. The highest BCUT2D eigenvalue weighted by Crippen LogP contribution is 2.30. The van der Waals surface area contributed by atoms with Crippen LogP contribution in [0.1, 0.15) is 5.56 Å². The summed E-state index contributed by atoms with van der Waals surface area (Å²) in [6.45, 7) is 1.80. The summed E-state index contributed by atoms with van der Waals surface area (Å²) in [5.41, 5.74) is 1.32. The fourth-order valence-electron chi connectivity index (χ4n) is 2.05. The predicted octanol–water partition coefficient (Wildman–Crippen LogP) is 3.64. The van der Waals surface area contributed by atoms with Crippen LogP contribution in [0.3, 0.4) is 0 Å². The first-order valence-corrected chi connectivity index (χ1v) is 8.64. The monoisotopic (exact) mass is 370 g/mol. The van der Waals surface area contributed by atoms with Gasteiger partial charge in [0.25, 0.3) is 0 Å². The van der Waals surface area contributed by atoms with E-state index in [0.29, 0.717) is 5.69 Å². The lowest BCUT2D eigenvalue weighted by Gasteiger charge is -2.14. The minimum absolute atomic E-state index is 0.0460. The standard InChI is InChI=1S/C16H16F2N2O4S/c1-10-5-3-4-6-12(10)19-16(21)20-13-9-11(7-8-14(13)24-2)25(22,23)15(17)18/h3-9,15H,1-2H3,(H2,19,20,21). The zero-order valence-electron chi connectivity index (χ0n) is 13.4. The molecule has 0 aliphatic carbocycles. The highest BCUT2D eigenvalue weighted by Gasteiger charge is 2.27. The number of methoxy groups -OCH3 is 1. The Morgan fingerprint density at radius 3 is 2.32 bits per heavy atom. The van der Waals surface area contributed by atoms with Crippen LogP contribution in [0.15, 0.2) is 47.4 Å². The van der Waals surface area contributed by atoms with Gasteiger partial charge in [0.2, 0.25) is 9.84 Å². The van der Waals surface area contributed by atoms with Gasteiger partial charge in [-0.15, -0.1) is 0 Å². The van der Waals surface area contributed by atoms with Crippen LogP contribution in [0.2, 0.25) is 0 Å². The van der Waals surface area contributed by atoms with Gasteiger partial charge in [-0.1, -0.05) is 18.2 Å². The third-order valence-corrected chi connectivity index (χ3v) is 4.76. The molecule has 0 heterocycles. The molecule has 0 saturated heterocycles. The van der Waals surface area contributed by atoms with Crippen LogP contribution >= 0.6 is 0 Å². The second-order valence-electron chi connectivity index (χ2n) is 5.06. The van der Waals surface area contributed by atoms with Gasteiger partial charge in [0.05, 0.1) is 17.7 Å². The maximum absolute atomic E-state index is 12.7. The van der Waals surface area contributed by atoms with Crippen LogP contribution in [-0.2, 0) is 9.84 Å². The van der Waals surface area contributed by atoms with E-state index in [1.165, 1.54) is 13.2 Å². The zero-order chi connectivity index (χ0) is 18.6. The summed E-state index contributed by atoms with van der Waals surface area (Å²) in [5, 5.41) is 4.99. The zero-order valence-corrected chi connectivity index (χ0v) is 14.2. The van der Waals surface area contributed by atoms with Crippen molar-refractivity contribution in [1.29, 1.82) is 0 Å². The molecule has 0 aromatic heterocycles. The van der Waals surface area contributed by atoms with Crippen molar-refractivity contribution in [3.05, 3.63) is 48.0 Å². The second-order valence-corrected chi connectivity index (χ2v) is 6.98. The number of para-hydroxylation sites is 1. The molecule has 0 radical (unpaired) electrons. The van der Waals surface area contributed by atoms with Crippen molar-refractivity contribution in [2.75, 3.05) is 17.7 Å². The van der Waals surface area contributed by atoms with Gasteiger partial charge in [0, 0.05) is 5.69 Å². The van der Waals surface area contributed by atoms with Gasteiger partial charge in [-0.2, -0.15) is 8.78 Å². The van der Waals surface area contributed by atoms with Crippen LogP contribution < -0.4 is 15.4 Å². The average Bonchev–Trinajstić information content (AvgIpc) is 2.56. The number of benzene rings is 2. The lowest BCUT2D eigenvalue weighted by atomic mass is 10.2. The fourth-order valence-corrected chi connectivity index (χ4v) is 2.80. The fraction of sp³-hybridized carbons (Fsp3) is 0.188. The summed E-state index contributed by atoms with van der Waals surface area (Å²) in [6, 6.07) is 9.47. The number of carbonyl (C=O) groups is 1. The van der Waals surface area contributed by atoms with E-state index in [-0.39, 0.29) is 11.4 Å². The molecule has 134 valence electrons. The number of ether oxygens (including phenoxy) is 1. The lowest BCUT2D eigenvalue weighted by Crippen LogP contribution is -2.21. The van der Waals surface area contributed by atoms with Crippen molar-refractivity contribution in [3.8, 4) is 5.75 Å². The van der Waals surface area contributed by atoms with E-state index < -0.39 is 26.5 Å². The van der Waals surface area contributed by atoms with Gasteiger partial charge in [-0.25, -0.2) is 13.2 Å². The number of hydrogen-bond donors (Lipinski definition) is 2. The molecule has 2 rings (SSSR count). The minimum atomic E-state index is -4.79. The Morgan fingerprint density at radius 2 is 1.72 bits per heavy atom. The Labute approximate surface area is 143 Å². The quantitative estimate of drug-likeness (QED) is 0.841. The van der Waals surface area contributed by atoms with Crippen molar-refractivity contribution in [3.63, 3.8) is 0 Å². The number of carbonyl (C=O) groups excluding carboxylic acids is 1. The molecule has 2 aromatic carbocycles. The Balaban J connectivity index is 2.28. The number of hydrogen-bond acceptors (Lipinski definition) is 4. The van der Waals surface area contributed by atoms with Crippen LogP contribution in [0.4, 0.5) is 25.0 Å². The van der Waals surface area contributed by atoms with Crippen LogP contribution in [0, 0.1) is 6.92 Å². The van der Waals surface area contributed by atoms with Crippen LogP contribution in [-0.4, -0.2) is 27.3 Å². The Bertz CT molecular complexity index is 885. The molecule has 0 bridgehead atoms. The van der Waals surface area contributed by atoms with Crippen molar-refractivity contribution in [2.45, 2.75) is 17.6 Å². The molecule has 25 heavy (non-hydrogen) atoms. The van der Waals surface area contributed by atoms with Gasteiger partial charge in [0.1, 0.15) is 5.75 Å². The number of aryl methyl sites for hydroxylation is 1. The largest absolute Gasteiger partial charge is 0.495 e. The van der Waals surface area contributed by atoms with E-state index in [0.717, 1.165) is 17.7 Å². The number of amides is 2. The molecule has 0 spiro atoms. The minimum Gasteiger partial charge on any atom is -0.495 e. The lowest BCUT2D eigenvalue weighted by molar-refractivity contribution is 0.234. The van der Waals surface area contributed by atoms with Crippen molar-refractivity contribution < 1.29 is 26.7 Å². The van der Waals surface area contributed by atoms with Gasteiger partial charge < -0.3 is 15.4 Å². The molecular weight excluding hydrogens is 354 g/mol. The first kappa shape index (κ1) is 18.7. The van der Waals surface area contributed by atoms with Gasteiger partial charge in [0.15, 0.2) is 0 Å². The smallest absolute Gasteiger partial charge is 0.341 e. The van der Waals surface area contributed by atoms with Gasteiger partial charge in [-0.3, -0.25) is 0 Å². The molecule has 0 saturated carbocycles. The Kier molecular flexibility index (Phi) is 5.58. The average molecular weight is 370 g/mol. The van der Waals surface area contributed by atoms with E-state index in [4.69, 9.17) is 4.74 Å². The van der Waals surface area contributed by atoms with Crippen LogP contribution in [0.25, 0.3) is 0 Å². The van der Waals surface area contributed by atoms with Crippen LogP contribution in [0.5, 0.6) is 5.75 Å². The predicted molar refractivity (Wildman–Crippen MR) is 90.0 cm³/mol. The van der Waals surface area contributed by atoms with Crippen molar-refractivity contribution in [1.82, 2.24) is 0 Å². The first-order valence-electron chi connectivity index (χ1n) is 7.09. The van der Waals surface area contributed by atoms with Gasteiger partial charge in [-0.05, 0) is 36.8 Å². The number of alkyl halides is 2. The molecule has 0 aliphatic rings. The van der Waals surface area contributed by atoms with Crippen molar-refractivity contribution >= 4 is 27.2 Å². The normalized spacial score (nSPS) is 11.2. The summed E-state index contributed by atoms with van der Waals surface area (Å²) in [7, 11) is -3.48. The third kappa shape index (κ3) is 4.24. The highest BCUT2D eigenvalue weighted by atomic mass is 32.2. The molecule has 6 nitrogen and oxygen atoms in total. The van der Waals surface area contributed by atoms with Crippen molar-refractivity contribution in [2.24, 2.45) is 0 Å². The number of anilines is 2. The van der Waals surface area contributed by atoms with E-state index in [9.17, 15) is 22.0 Å². The SMILES string of the molecule is COc1ccc(S(=O)(=O)C(F)F)cc1NC(=O)Nc1ccccc1C. The molecular formula is C16H16F2N2O4S.